The summed E-state index contributed by atoms with van der Waals surface area (Å²) < 4.78 is 3.91. The molecule has 3 heterocycles. The Bertz CT molecular complexity index is 1570. The summed E-state index contributed by atoms with van der Waals surface area (Å²) in [5, 5.41) is 10.3. The molecule has 0 unspecified atom stereocenters. The molecule has 3 aromatic heterocycles. The molecule has 6 rings (SSSR count). The normalized spacial score (nSPS) is 11.0. The van der Waals surface area contributed by atoms with E-state index in [9.17, 15) is 5.11 Å². The quantitative estimate of drug-likeness (QED) is 0.190. The molecule has 0 bridgehead atoms. The van der Waals surface area contributed by atoms with Gasteiger partial charge in [0, 0.05) is 39.1 Å². The molecule has 7 heteroatoms. The van der Waals surface area contributed by atoms with Crippen LogP contribution in [0.2, 0.25) is 0 Å². The van der Waals surface area contributed by atoms with Crippen molar-refractivity contribution < 1.29 is 32.1 Å². The number of rotatable bonds is 3. The molecule has 1 radical (unpaired) electrons. The summed E-state index contributed by atoms with van der Waals surface area (Å²) in [4.78, 5) is 13.6. The number of aromatic nitrogens is 5. The van der Waals surface area contributed by atoms with Crippen LogP contribution in [0, 0.1) is 6.33 Å². The fraction of sp³-hybridized carbons (Fsp3) is 0. The average molecular weight is 599 g/mol. The number of para-hydroxylation sites is 4. The second kappa shape index (κ2) is 8.09. The Balaban J connectivity index is 0.00000216. The minimum atomic E-state index is 0. The van der Waals surface area contributed by atoms with Crippen molar-refractivity contribution in [1.29, 1.82) is 0 Å². The van der Waals surface area contributed by atoms with Crippen LogP contribution in [0.1, 0.15) is 0 Å². The third-order valence-corrected chi connectivity index (χ3v) is 5.33. The van der Waals surface area contributed by atoms with Gasteiger partial charge in [0.15, 0.2) is 6.33 Å². The number of benzene rings is 3. The van der Waals surface area contributed by atoms with Gasteiger partial charge in [-0.1, -0.05) is 67.0 Å². The van der Waals surface area contributed by atoms with Crippen molar-refractivity contribution in [2.45, 2.75) is 0 Å². The number of fused-ring (bicyclic) bond motifs is 2. The fourth-order valence-corrected chi connectivity index (χ4v) is 3.88. The fourth-order valence-electron chi connectivity index (χ4n) is 3.88. The maximum atomic E-state index is 10.3. The number of phenolic OH excluding ortho intramolecular Hbond substituents is 1. The number of aromatic hydroxyl groups is 1. The summed E-state index contributed by atoms with van der Waals surface area (Å²) in [6.45, 7) is 0. The first-order valence-corrected chi connectivity index (χ1v) is 9.87. The second-order valence-corrected chi connectivity index (χ2v) is 7.18. The van der Waals surface area contributed by atoms with Crippen molar-refractivity contribution in [2.24, 2.45) is 0 Å². The minimum absolute atomic E-state index is 0. The van der Waals surface area contributed by atoms with E-state index in [1.165, 1.54) is 0 Å². The SMILES string of the molecule is Oc1ccccc1-c1cccc(-[n+]2[c-]n(-c3cccc4nc[n-]c34)c3ccccc32)n1.[Au]. The Morgan fingerprint density at radius 2 is 1.69 bits per heavy atom. The van der Waals surface area contributed by atoms with Crippen molar-refractivity contribution in [1.82, 2.24) is 19.5 Å². The van der Waals surface area contributed by atoms with Crippen molar-refractivity contribution in [3.05, 3.63) is 97.6 Å². The topological polar surface area (TPSA) is 68.9 Å². The molecule has 0 aliphatic carbocycles. The predicted octanol–water partition coefficient (Wildman–Crippen LogP) is 3.98. The Morgan fingerprint density at radius 1 is 0.875 bits per heavy atom. The molecule has 1 N–H and O–H groups in total. The number of pyridine rings is 1. The first-order chi connectivity index (χ1) is 15.3. The van der Waals surface area contributed by atoms with E-state index in [4.69, 9.17) is 4.98 Å². The zero-order valence-electron chi connectivity index (χ0n) is 16.6. The molecule has 0 atom stereocenters. The molecule has 0 saturated carbocycles. The molecule has 159 valence electrons. The second-order valence-electron chi connectivity index (χ2n) is 7.18. The van der Waals surface area contributed by atoms with Gasteiger partial charge in [0.05, 0.1) is 5.56 Å². The zero-order chi connectivity index (χ0) is 20.8. The van der Waals surface area contributed by atoms with E-state index in [-0.39, 0.29) is 28.1 Å². The molecule has 3 aromatic carbocycles. The monoisotopic (exact) mass is 599 g/mol. The van der Waals surface area contributed by atoms with E-state index < -0.39 is 0 Å². The number of phenols is 1. The number of imidazole rings is 2. The van der Waals surface area contributed by atoms with Crippen LogP contribution in [0.15, 0.2) is 91.3 Å². The average Bonchev–Trinajstić information content (AvgIpc) is 3.44. The van der Waals surface area contributed by atoms with Gasteiger partial charge in [0.1, 0.15) is 11.4 Å². The largest absolute Gasteiger partial charge is 0.507 e. The molecule has 0 fully saturated rings. The third-order valence-electron chi connectivity index (χ3n) is 5.33. The van der Waals surface area contributed by atoms with E-state index in [1.807, 2.05) is 81.9 Å². The Hall–Kier alpha value is -3.71. The van der Waals surface area contributed by atoms with Gasteiger partial charge in [0.2, 0.25) is 5.82 Å². The zero-order valence-corrected chi connectivity index (χ0v) is 18.8. The van der Waals surface area contributed by atoms with Crippen molar-refractivity contribution in [3.63, 3.8) is 0 Å². The Labute approximate surface area is 199 Å². The maximum Gasteiger partial charge on any atom is 0.203 e. The van der Waals surface area contributed by atoms with Crippen molar-refractivity contribution in [3.8, 4) is 28.5 Å². The van der Waals surface area contributed by atoms with Crippen molar-refractivity contribution >= 4 is 22.1 Å². The molecule has 0 aliphatic rings. The van der Waals surface area contributed by atoms with Gasteiger partial charge in [-0.2, -0.15) is 0 Å². The van der Waals surface area contributed by atoms with E-state index in [0.717, 1.165) is 27.8 Å². The smallest absolute Gasteiger partial charge is 0.203 e. The van der Waals surface area contributed by atoms with Gasteiger partial charge in [-0.05, 0) is 35.3 Å². The summed E-state index contributed by atoms with van der Waals surface area (Å²) in [5.41, 5.74) is 5.89. The maximum absolute atomic E-state index is 10.3. The van der Waals surface area contributed by atoms with E-state index >= 15 is 0 Å². The van der Waals surface area contributed by atoms with Crippen LogP contribution in [0.5, 0.6) is 5.75 Å². The Morgan fingerprint density at radius 3 is 2.59 bits per heavy atom. The molecule has 0 saturated heterocycles. The van der Waals surface area contributed by atoms with Gasteiger partial charge in [-0.3, -0.25) is 4.57 Å². The van der Waals surface area contributed by atoms with Gasteiger partial charge in [-0.15, -0.1) is 4.98 Å². The molecule has 6 aromatic rings. The molecule has 32 heavy (non-hydrogen) atoms. The summed E-state index contributed by atoms with van der Waals surface area (Å²) in [5.74, 6) is 0.904. The molecule has 0 spiro atoms. The first-order valence-electron chi connectivity index (χ1n) is 9.87. The first kappa shape index (κ1) is 20.2. The van der Waals surface area contributed by atoms with Crippen LogP contribution in [0.4, 0.5) is 0 Å². The summed E-state index contributed by atoms with van der Waals surface area (Å²) in [7, 11) is 0. The van der Waals surface area contributed by atoms with Gasteiger partial charge in [0.25, 0.3) is 0 Å². The molecule has 0 amide bonds. The van der Waals surface area contributed by atoms with Gasteiger partial charge in [-0.25, -0.2) is 0 Å². The van der Waals surface area contributed by atoms with Crippen LogP contribution in [-0.4, -0.2) is 19.6 Å². The van der Waals surface area contributed by atoms with Gasteiger partial charge >= 0.3 is 0 Å². The summed E-state index contributed by atoms with van der Waals surface area (Å²) in [6.07, 6.45) is 5.01. The van der Waals surface area contributed by atoms with E-state index in [0.29, 0.717) is 17.1 Å². The molecular weight excluding hydrogens is 583 g/mol. The third kappa shape index (κ3) is 3.22. The van der Waals surface area contributed by atoms with E-state index in [2.05, 4.69) is 16.3 Å². The van der Waals surface area contributed by atoms with Crippen LogP contribution in [-0.2, 0) is 22.4 Å². The minimum Gasteiger partial charge on any atom is -0.507 e. The number of nitrogens with zero attached hydrogens (tertiary/aromatic N) is 5. The molecule has 6 nitrogen and oxygen atoms in total. The van der Waals surface area contributed by atoms with E-state index in [1.54, 1.807) is 18.5 Å². The Kier molecular flexibility index (Phi) is 5.11. The number of hydrogen-bond acceptors (Lipinski definition) is 3. The molecular formula is C25H16AuN5O-. The molecule has 0 aliphatic heterocycles. The van der Waals surface area contributed by atoms with Crippen LogP contribution >= 0.6 is 0 Å². The van der Waals surface area contributed by atoms with Crippen molar-refractivity contribution in [2.75, 3.05) is 0 Å². The summed E-state index contributed by atoms with van der Waals surface area (Å²) in [6, 6.07) is 26.9. The van der Waals surface area contributed by atoms with Crippen LogP contribution in [0.25, 0.3) is 44.8 Å². The standard InChI is InChI=1S/C25H16N5O.Au/c31-23-13-4-1-7-17(23)18-8-6-14-24(28-18)30-16-29(20-10-2-3-11-21(20)30)22-12-5-9-19-25(22)27-15-26-19;/h1-15H,(H-,26,27,28,31);/q-1;. The number of hydrogen-bond donors (Lipinski definition) is 1. The van der Waals surface area contributed by atoms with Crippen LogP contribution in [0.3, 0.4) is 0 Å². The van der Waals surface area contributed by atoms with Gasteiger partial charge < -0.3 is 19.6 Å². The summed E-state index contributed by atoms with van der Waals surface area (Å²) >= 11 is 0. The van der Waals surface area contributed by atoms with Crippen LogP contribution < -0.4 is 9.55 Å². The predicted molar refractivity (Wildman–Crippen MR) is 117 cm³/mol.